The summed E-state index contributed by atoms with van der Waals surface area (Å²) in [6, 6.07) is 6.92. The third kappa shape index (κ3) is 2.44. The Balaban J connectivity index is 1.91. The molecule has 4 rings (SSSR count). The van der Waals surface area contributed by atoms with Gasteiger partial charge in [-0.3, -0.25) is 0 Å². The molecular weight excluding hydrogens is 300 g/mol. The van der Waals surface area contributed by atoms with Gasteiger partial charge in [-0.2, -0.15) is 0 Å². The van der Waals surface area contributed by atoms with E-state index in [0.717, 1.165) is 35.0 Å². The summed E-state index contributed by atoms with van der Waals surface area (Å²) in [5.74, 6) is 1.64. The predicted molar refractivity (Wildman–Crippen MR) is 95.3 cm³/mol. The van der Waals surface area contributed by atoms with Crippen LogP contribution in [0.15, 0.2) is 22.7 Å². The number of nitrogens with zero attached hydrogens (tertiary/aromatic N) is 4. The Labute approximate surface area is 141 Å². The quantitative estimate of drug-likeness (QED) is 0.720. The summed E-state index contributed by atoms with van der Waals surface area (Å²) in [6.45, 7) is 9.19. The highest BCUT2D eigenvalue weighted by molar-refractivity contribution is 5.94. The van der Waals surface area contributed by atoms with Crippen molar-refractivity contribution in [3.05, 3.63) is 35.2 Å². The topological polar surface area (TPSA) is 55.1 Å². The molecule has 124 valence electrons. The summed E-state index contributed by atoms with van der Waals surface area (Å²) in [5.41, 5.74) is 5.80. The number of hydrogen-bond acceptors (Lipinski definition) is 5. The maximum Gasteiger partial charge on any atom is 0.228 e. The summed E-state index contributed by atoms with van der Waals surface area (Å²) in [6.07, 6.45) is 2.44. The lowest BCUT2D eigenvalue weighted by molar-refractivity contribution is 0.457. The Hall–Kier alpha value is -2.43. The lowest BCUT2D eigenvalue weighted by Gasteiger charge is -2.21. The SMILES string of the molecule is CCN(c1nc(C)nc2c(-c3ccc(C)cc3C)noc12)C1CC1. The van der Waals surface area contributed by atoms with Crippen LogP contribution in [0.1, 0.15) is 36.7 Å². The molecule has 24 heavy (non-hydrogen) atoms. The molecule has 2 aromatic heterocycles. The van der Waals surface area contributed by atoms with Crippen LogP contribution < -0.4 is 4.90 Å². The largest absolute Gasteiger partial charge is 0.351 e. The number of hydrogen-bond donors (Lipinski definition) is 0. The van der Waals surface area contributed by atoms with Gasteiger partial charge in [0, 0.05) is 18.2 Å². The third-order valence-corrected chi connectivity index (χ3v) is 4.65. The molecule has 0 atom stereocenters. The highest BCUT2D eigenvalue weighted by Gasteiger charge is 2.32. The molecule has 1 saturated carbocycles. The van der Waals surface area contributed by atoms with Gasteiger partial charge in [-0.25, -0.2) is 9.97 Å². The van der Waals surface area contributed by atoms with Crippen molar-refractivity contribution in [2.45, 2.75) is 46.6 Å². The summed E-state index contributed by atoms with van der Waals surface area (Å²) >= 11 is 0. The Morgan fingerprint density at radius 2 is 1.96 bits per heavy atom. The van der Waals surface area contributed by atoms with Gasteiger partial charge in [-0.05, 0) is 46.1 Å². The minimum atomic E-state index is 0.571. The molecule has 0 radical (unpaired) electrons. The van der Waals surface area contributed by atoms with Crippen molar-refractivity contribution in [2.24, 2.45) is 0 Å². The maximum absolute atomic E-state index is 5.72. The first-order valence-corrected chi connectivity index (χ1v) is 8.56. The van der Waals surface area contributed by atoms with E-state index >= 15 is 0 Å². The van der Waals surface area contributed by atoms with Crippen LogP contribution in [0.25, 0.3) is 22.4 Å². The van der Waals surface area contributed by atoms with Gasteiger partial charge in [-0.15, -0.1) is 0 Å². The van der Waals surface area contributed by atoms with Crippen LogP contribution in [0.3, 0.4) is 0 Å². The van der Waals surface area contributed by atoms with Crippen molar-refractivity contribution >= 4 is 16.9 Å². The van der Waals surface area contributed by atoms with Crippen LogP contribution in [0.2, 0.25) is 0 Å². The van der Waals surface area contributed by atoms with Gasteiger partial charge in [0.1, 0.15) is 17.0 Å². The molecule has 0 N–H and O–H groups in total. The van der Waals surface area contributed by atoms with E-state index < -0.39 is 0 Å². The number of aromatic nitrogens is 3. The first-order valence-electron chi connectivity index (χ1n) is 8.56. The number of rotatable bonds is 4. The first-order chi connectivity index (χ1) is 11.6. The van der Waals surface area contributed by atoms with E-state index in [1.54, 1.807) is 0 Å². The van der Waals surface area contributed by atoms with Gasteiger partial charge >= 0.3 is 0 Å². The van der Waals surface area contributed by atoms with Crippen LogP contribution in [-0.2, 0) is 0 Å². The van der Waals surface area contributed by atoms with Gasteiger partial charge in [-0.1, -0.05) is 28.9 Å². The van der Waals surface area contributed by atoms with Crippen molar-refractivity contribution in [3.63, 3.8) is 0 Å². The maximum atomic E-state index is 5.72. The number of fused-ring (bicyclic) bond motifs is 1. The molecule has 2 heterocycles. The predicted octanol–water partition coefficient (Wildman–Crippen LogP) is 4.20. The van der Waals surface area contributed by atoms with E-state index in [1.165, 1.54) is 24.0 Å². The molecule has 1 fully saturated rings. The van der Waals surface area contributed by atoms with Crippen molar-refractivity contribution in [2.75, 3.05) is 11.4 Å². The standard InChI is InChI=1S/C19H22N4O/c1-5-23(14-7-8-14)19-18-17(20-13(4)21-19)16(22-24-18)15-9-6-11(2)10-12(15)3/h6,9-10,14H,5,7-8H2,1-4H3. The lowest BCUT2D eigenvalue weighted by Crippen LogP contribution is -2.26. The second kappa shape index (κ2) is 5.58. The van der Waals surface area contributed by atoms with Gasteiger partial charge in [0.05, 0.1) is 0 Å². The lowest BCUT2D eigenvalue weighted by atomic mass is 10.0. The van der Waals surface area contributed by atoms with Crippen molar-refractivity contribution in [1.82, 2.24) is 15.1 Å². The minimum Gasteiger partial charge on any atom is -0.351 e. The van der Waals surface area contributed by atoms with Gasteiger partial charge in [0.15, 0.2) is 5.82 Å². The van der Waals surface area contributed by atoms with Gasteiger partial charge in [0.25, 0.3) is 0 Å². The van der Waals surface area contributed by atoms with E-state index in [0.29, 0.717) is 11.6 Å². The summed E-state index contributed by atoms with van der Waals surface area (Å²) in [4.78, 5) is 11.6. The van der Waals surface area contributed by atoms with Gasteiger partial charge in [0.2, 0.25) is 5.58 Å². The minimum absolute atomic E-state index is 0.571. The van der Waals surface area contributed by atoms with Crippen molar-refractivity contribution in [1.29, 1.82) is 0 Å². The first kappa shape index (κ1) is 15.1. The smallest absolute Gasteiger partial charge is 0.228 e. The highest BCUT2D eigenvalue weighted by atomic mass is 16.5. The average Bonchev–Trinajstić information content (AvgIpc) is 3.28. The molecule has 5 nitrogen and oxygen atoms in total. The monoisotopic (exact) mass is 322 g/mol. The molecule has 5 heteroatoms. The molecule has 0 bridgehead atoms. The van der Waals surface area contributed by atoms with E-state index in [9.17, 15) is 0 Å². The fourth-order valence-corrected chi connectivity index (χ4v) is 3.34. The second-order valence-corrected chi connectivity index (χ2v) is 6.64. The molecule has 0 spiro atoms. The number of aryl methyl sites for hydroxylation is 3. The molecule has 0 saturated heterocycles. The number of benzene rings is 1. The third-order valence-electron chi connectivity index (χ3n) is 4.65. The Morgan fingerprint density at radius 3 is 2.62 bits per heavy atom. The number of anilines is 1. The Morgan fingerprint density at radius 1 is 1.17 bits per heavy atom. The van der Waals surface area contributed by atoms with Crippen molar-refractivity contribution in [3.8, 4) is 11.3 Å². The zero-order valence-corrected chi connectivity index (χ0v) is 14.6. The summed E-state index contributed by atoms with van der Waals surface area (Å²) in [5, 5.41) is 4.35. The molecular formula is C19H22N4O. The van der Waals surface area contributed by atoms with E-state index in [-0.39, 0.29) is 0 Å². The van der Waals surface area contributed by atoms with Gasteiger partial charge < -0.3 is 9.42 Å². The van der Waals surface area contributed by atoms with Crippen LogP contribution in [0.4, 0.5) is 5.82 Å². The average molecular weight is 322 g/mol. The van der Waals surface area contributed by atoms with Crippen LogP contribution >= 0.6 is 0 Å². The molecule has 1 aliphatic rings. The van der Waals surface area contributed by atoms with Crippen LogP contribution in [-0.4, -0.2) is 27.7 Å². The molecule has 0 unspecified atom stereocenters. The summed E-state index contributed by atoms with van der Waals surface area (Å²) in [7, 11) is 0. The Bertz CT molecular complexity index is 911. The zero-order valence-electron chi connectivity index (χ0n) is 14.6. The molecule has 3 aromatic rings. The van der Waals surface area contributed by atoms with E-state index in [2.05, 4.69) is 59.0 Å². The fourth-order valence-electron chi connectivity index (χ4n) is 3.34. The second-order valence-electron chi connectivity index (χ2n) is 6.64. The fraction of sp³-hybridized carbons (Fsp3) is 0.421. The summed E-state index contributed by atoms with van der Waals surface area (Å²) < 4.78 is 5.72. The van der Waals surface area contributed by atoms with E-state index in [1.807, 2.05) is 6.92 Å². The van der Waals surface area contributed by atoms with E-state index in [4.69, 9.17) is 4.52 Å². The normalized spacial score (nSPS) is 14.3. The van der Waals surface area contributed by atoms with Crippen molar-refractivity contribution < 1.29 is 4.52 Å². The zero-order chi connectivity index (χ0) is 16.8. The molecule has 0 aliphatic heterocycles. The highest BCUT2D eigenvalue weighted by Crippen LogP contribution is 2.37. The van der Waals surface area contributed by atoms with Crippen LogP contribution in [0.5, 0.6) is 0 Å². The Kier molecular flexibility index (Phi) is 3.52. The van der Waals surface area contributed by atoms with Crippen LogP contribution in [0, 0.1) is 20.8 Å². The molecule has 0 amide bonds. The molecule has 1 aliphatic carbocycles. The molecule has 1 aromatic carbocycles.